The number of nitrogens with zero attached hydrogens (tertiary/aromatic N) is 3. The van der Waals surface area contributed by atoms with Crippen molar-refractivity contribution in [3.05, 3.63) is 38.7 Å². The highest BCUT2D eigenvalue weighted by Crippen LogP contribution is 2.44. The number of nitrogens with one attached hydrogen (secondary N) is 1. The number of allylic oxidation sites excluding steroid dienone is 1. The molecule has 0 spiro atoms. The monoisotopic (exact) mass is 668 g/mol. The molecule has 258 valence electrons. The second kappa shape index (κ2) is 20.7. The van der Waals surface area contributed by atoms with Crippen LogP contribution in [0.15, 0.2) is 5.57 Å². The maximum absolute atomic E-state index is 14.3. The van der Waals surface area contributed by atoms with Gasteiger partial charge >= 0.3 is 0 Å². The summed E-state index contributed by atoms with van der Waals surface area (Å²) < 4.78 is 17.6. The Bertz CT molecular complexity index is 1400. The van der Waals surface area contributed by atoms with E-state index in [9.17, 15) is 10.1 Å². The Morgan fingerprint density at radius 1 is 1.32 bits per heavy atom. The van der Waals surface area contributed by atoms with Crippen LogP contribution in [0.5, 0.6) is 5.88 Å². The Morgan fingerprint density at radius 2 is 2.06 bits per heavy atom. The Hall–Kier alpha value is -3.52. The Labute approximate surface area is 284 Å². The molecule has 2 aromatic heterocycles. The van der Waals surface area contributed by atoms with Crippen LogP contribution in [0.25, 0.3) is 5.70 Å². The SMILES string of the molecule is C#C.CCC/C(C(=O)[C@H]1CCCc2sc(N)c(C#N)c21)=C(/N)c1nc(OC[C@@H](C)CCCNC)c2c(n1)[C@@H](CCOC)COC2.CO. The molecule has 6 N–H and O–H groups in total. The zero-order chi connectivity index (χ0) is 34.9. The maximum atomic E-state index is 14.3. The molecule has 0 saturated heterocycles. The number of nitrogen functional groups attached to an aromatic ring is 1. The van der Waals surface area contributed by atoms with Crippen LogP contribution in [-0.2, 0) is 27.3 Å². The van der Waals surface area contributed by atoms with Crippen LogP contribution in [0.3, 0.4) is 0 Å². The van der Waals surface area contributed by atoms with E-state index in [1.165, 1.54) is 11.3 Å². The zero-order valence-corrected chi connectivity index (χ0v) is 29.4. The molecule has 12 heteroatoms. The van der Waals surface area contributed by atoms with E-state index in [1.807, 2.05) is 14.0 Å². The number of anilines is 1. The molecule has 0 unspecified atom stereocenters. The first-order chi connectivity index (χ1) is 22.8. The van der Waals surface area contributed by atoms with Gasteiger partial charge in [0.05, 0.1) is 42.3 Å². The lowest BCUT2D eigenvalue weighted by Gasteiger charge is -2.27. The minimum Gasteiger partial charge on any atom is -0.477 e. The van der Waals surface area contributed by atoms with E-state index in [2.05, 4.69) is 31.2 Å². The molecule has 1 aliphatic heterocycles. The molecule has 0 radical (unpaired) electrons. The number of hydrogen-bond acceptors (Lipinski definition) is 12. The minimum atomic E-state index is -0.457. The maximum Gasteiger partial charge on any atom is 0.222 e. The number of methoxy groups -OCH3 is 1. The van der Waals surface area contributed by atoms with Crippen LogP contribution >= 0.6 is 11.3 Å². The molecule has 2 aromatic rings. The van der Waals surface area contributed by atoms with Gasteiger partial charge in [0.25, 0.3) is 0 Å². The van der Waals surface area contributed by atoms with Crippen molar-refractivity contribution in [3.63, 3.8) is 0 Å². The van der Waals surface area contributed by atoms with Gasteiger partial charge < -0.3 is 36.1 Å². The van der Waals surface area contributed by atoms with Crippen molar-refractivity contribution in [1.82, 2.24) is 15.3 Å². The number of Topliss-reactive ketones (excluding diaryl/α,β-unsaturated/α-hetero) is 1. The summed E-state index contributed by atoms with van der Waals surface area (Å²) in [5.41, 5.74) is 16.7. The fourth-order valence-electron chi connectivity index (χ4n) is 6.03. The van der Waals surface area contributed by atoms with Gasteiger partial charge in [0.15, 0.2) is 11.6 Å². The van der Waals surface area contributed by atoms with Gasteiger partial charge in [0.1, 0.15) is 11.1 Å². The number of terminal acetylenes is 1. The molecular weight excluding hydrogens is 616 g/mol. The highest BCUT2D eigenvalue weighted by Gasteiger charge is 2.35. The number of aliphatic hydroxyl groups excluding tert-OH is 1. The second-order valence-corrected chi connectivity index (χ2v) is 12.7. The molecule has 47 heavy (non-hydrogen) atoms. The van der Waals surface area contributed by atoms with Crippen LogP contribution in [-0.4, -0.2) is 68.5 Å². The first-order valence-electron chi connectivity index (χ1n) is 16.2. The molecule has 0 bridgehead atoms. The van der Waals surface area contributed by atoms with Crippen molar-refractivity contribution in [2.75, 3.05) is 53.4 Å². The summed E-state index contributed by atoms with van der Waals surface area (Å²) in [7, 11) is 4.63. The third-order valence-corrected chi connectivity index (χ3v) is 9.43. The Balaban J connectivity index is 0.00000185. The molecular formula is C35H52N6O5S. The van der Waals surface area contributed by atoms with Crippen LogP contribution in [0, 0.1) is 30.1 Å². The summed E-state index contributed by atoms with van der Waals surface area (Å²) in [5, 5.41) is 20.5. The van der Waals surface area contributed by atoms with Crippen LogP contribution < -0.4 is 21.5 Å². The lowest BCUT2D eigenvalue weighted by molar-refractivity contribution is -0.117. The fourth-order valence-corrected chi connectivity index (χ4v) is 7.15. The lowest BCUT2D eigenvalue weighted by atomic mass is 9.79. The van der Waals surface area contributed by atoms with Crippen molar-refractivity contribution in [3.8, 4) is 24.8 Å². The van der Waals surface area contributed by atoms with E-state index in [0.717, 1.165) is 73.9 Å². The van der Waals surface area contributed by atoms with Crippen LogP contribution in [0.2, 0.25) is 0 Å². The summed E-state index contributed by atoms with van der Waals surface area (Å²) in [6.07, 6.45) is 14.3. The Kier molecular flexibility index (Phi) is 17.4. The fraction of sp³-hybridized carbons (Fsp3) is 0.600. The zero-order valence-electron chi connectivity index (χ0n) is 28.6. The first kappa shape index (κ1) is 39.7. The van der Waals surface area contributed by atoms with Gasteiger partial charge in [0, 0.05) is 43.1 Å². The van der Waals surface area contributed by atoms with Gasteiger partial charge in [-0.25, -0.2) is 4.98 Å². The third kappa shape index (κ3) is 9.99. The number of nitriles is 1. The van der Waals surface area contributed by atoms with Gasteiger partial charge in [-0.3, -0.25) is 4.79 Å². The number of carbonyl (C=O) groups excluding carboxylic acids is 1. The number of ketones is 1. The molecule has 3 heterocycles. The van der Waals surface area contributed by atoms with Crippen molar-refractivity contribution in [2.24, 2.45) is 11.7 Å². The Morgan fingerprint density at radius 3 is 2.72 bits per heavy atom. The number of nitrogens with two attached hydrogens (primary N) is 2. The van der Waals surface area contributed by atoms with Gasteiger partial charge in [-0.2, -0.15) is 10.2 Å². The molecule has 2 aliphatic rings. The molecule has 0 saturated carbocycles. The van der Waals surface area contributed by atoms with E-state index >= 15 is 0 Å². The molecule has 1 aliphatic carbocycles. The molecule has 3 atom stereocenters. The highest BCUT2D eigenvalue weighted by atomic mass is 32.1. The summed E-state index contributed by atoms with van der Waals surface area (Å²) >= 11 is 1.42. The number of aryl methyl sites for hydroxylation is 1. The number of fused-ring (bicyclic) bond motifs is 2. The van der Waals surface area contributed by atoms with Crippen molar-refractivity contribution < 1.29 is 24.1 Å². The highest BCUT2D eigenvalue weighted by molar-refractivity contribution is 7.16. The summed E-state index contributed by atoms with van der Waals surface area (Å²) in [4.78, 5) is 25.1. The first-order valence-corrected chi connectivity index (χ1v) is 17.0. The van der Waals surface area contributed by atoms with E-state index in [0.29, 0.717) is 73.0 Å². The van der Waals surface area contributed by atoms with Gasteiger partial charge in [0.2, 0.25) is 5.88 Å². The third-order valence-electron chi connectivity index (χ3n) is 8.34. The van der Waals surface area contributed by atoms with Gasteiger partial charge in [-0.15, -0.1) is 24.2 Å². The van der Waals surface area contributed by atoms with Crippen LogP contribution in [0.4, 0.5) is 5.00 Å². The van der Waals surface area contributed by atoms with E-state index in [4.69, 9.17) is 40.8 Å². The van der Waals surface area contributed by atoms with Gasteiger partial charge in [-0.1, -0.05) is 20.3 Å². The number of hydrogen-bond donors (Lipinski definition) is 4. The van der Waals surface area contributed by atoms with Crippen molar-refractivity contribution in [2.45, 2.75) is 83.7 Å². The average molecular weight is 669 g/mol. The molecule has 0 fully saturated rings. The lowest BCUT2D eigenvalue weighted by Crippen LogP contribution is -2.25. The molecule has 11 nitrogen and oxygen atoms in total. The van der Waals surface area contributed by atoms with E-state index in [-0.39, 0.29) is 17.4 Å². The van der Waals surface area contributed by atoms with Crippen LogP contribution in [0.1, 0.15) is 104 Å². The summed E-state index contributed by atoms with van der Waals surface area (Å²) in [5.74, 6) is 0.559. The predicted molar refractivity (Wildman–Crippen MR) is 187 cm³/mol. The molecule has 4 rings (SSSR count). The summed E-state index contributed by atoms with van der Waals surface area (Å²) in [6, 6.07) is 2.24. The number of ether oxygens (including phenoxy) is 3. The molecule has 0 amide bonds. The quantitative estimate of drug-likeness (QED) is 0.118. The molecule has 0 aromatic carbocycles. The second-order valence-electron chi connectivity index (χ2n) is 11.6. The van der Waals surface area contributed by atoms with E-state index < -0.39 is 5.92 Å². The average Bonchev–Trinajstić information content (AvgIpc) is 3.44. The van der Waals surface area contributed by atoms with Gasteiger partial charge in [-0.05, 0) is 70.0 Å². The minimum absolute atomic E-state index is 0.00755. The number of rotatable bonds is 15. The smallest absolute Gasteiger partial charge is 0.222 e. The number of aromatic nitrogens is 2. The van der Waals surface area contributed by atoms with Crippen molar-refractivity contribution >= 4 is 27.8 Å². The number of aliphatic hydroxyl groups is 1. The van der Waals surface area contributed by atoms with E-state index in [1.54, 1.807) is 7.11 Å². The normalized spacial score (nSPS) is 17.7. The summed E-state index contributed by atoms with van der Waals surface area (Å²) in [6.45, 7) is 7.07. The largest absolute Gasteiger partial charge is 0.477 e. The number of carbonyl (C=O) groups is 1. The van der Waals surface area contributed by atoms with Crippen molar-refractivity contribution in [1.29, 1.82) is 5.26 Å². The standard InChI is InChI=1S/C32H46N6O4S.C2H2.CH4O/c1-5-8-22(29(39)21-10-6-11-25-26(21)23(15-33)30(35)43-25)27(34)31-37-28-20(12-14-40-4)17-41-18-24(28)32(38-31)42-16-19(2)9-7-13-36-3;2*1-2/h19-21,36H,5-14,16-18,34-35H2,1-4H3;1-2H;2H,1H3/b27-22-;;/t19-,20-,21-;;/m0../s1. The predicted octanol–water partition coefficient (Wildman–Crippen LogP) is 4.67. The number of thiophene rings is 1. The topological polar surface area (TPSA) is 179 Å².